The fraction of sp³-hybridized carbons (Fsp3) is 0.429. The maximum Gasteiger partial charge on any atom is 0.293 e. The van der Waals surface area contributed by atoms with E-state index in [9.17, 15) is 18.8 Å². The molecule has 9 heteroatoms. The van der Waals surface area contributed by atoms with Crippen LogP contribution in [0.2, 0.25) is 0 Å². The molecule has 0 bridgehead atoms. The Morgan fingerprint density at radius 2 is 2.14 bits per heavy atom. The number of carbonyl (C=O) groups excluding carboxylic acids is 3. The Hall–Kier alpha value is -3.59. The Morgan fingerprint density at radius 1 is 1.38 bits per heavy atom. The summed E-state index contributed by atoms with van der Waals surface area (Å²) >= 11 is 0. The molecule has 37 heavy (non-hydrogen) atoms. The third kappa shape index (κ3) is 4.75. The van der Waals surface area contributed by atoms with Gasteiger partial charge in [0.25, 0.3) is 6.47 Å². The van der Waals surface area contributed by atoms with Crippen LogP contribution >= 0.6 is 0 Å². The average Bonchev–Trinajstić information content (AvgIpc) is 3.21. The number of nitrogens with two attached hydrogens (primary N) is 1. The predicted octanol–water partition coefficient (Wildman–Crippen LogP) is 3.25. The molecule has 1 aliphatic heterocycles. The minimum absolute atomic E-state index is 0.0162. The fourth-order valence-electron chi connectivity index (χ4n) is 5.45. The number of nitrogens with one attached hydrogen (secondary N) is 1. The summed E-state index contributed by atoms with van der Waals surface area (Å²) in [5.74, 6) is -0.542. The van der Waals surface area contributed by atoms with Crippen LogP contribution in [0.3, 0.4) is 0 Å². The zero-order valence-corrected chi connectivity index (χ0v) is 21.7. The Kier molecular flexibility index (Phi) is 7.73. The number of aryl methyl sites for hydroxylation is 1. The molecule has 2 unspecified atom stereocenters. The van der Waals surface area contributed by atoms with E-state index in [1.165, 1.54) is 6.07 Å². The number of rotatable bonds is 9. The summed E-state index contributed by atoms with van der Waals surface area (Å²) in [6, 6.07) is 1.19. The van der Waals surface area contributed by atoms with Crippen LogP contribution in [0.5, 0.6) is 0 Å². The number of nitrogens with zero attached hydrogens (tertiary/aromatic N) is 2. The topological polar surface area (TPSA) is 115 Å². The number of amides is 1. The van der Waals surface area contributed by atoms with Gasteiger partial charge in [0.2, 0.25) is 5.91 Å². The molecule has 1 aromatic carbocycles. The van der Waals surface area contributed by atoms with Crippen LogP contribution in [-0.2, 0) is 32.1 Å². The van der Waals surface area contributed by atoms with Gasteiger partial charge in [-0.2, -0.15) is 0 Å². The first kappa shape index (κ1) is 26.5. The summed E-state index contributed by atoms with van der Waals surface area (Å²) in [6.45, 7) is 6.43. The van der Waals surface area contributed by atoms with Gasteiger partial charge in [-0.3, -0.25) is 14.4 Å². The van der Waals surface area contributed by atoms with E-state index < -0.39 is 0 Å². The van der Waals surface area contributed by atoms with E-state index in [0.717, 1.165) is 46.1 Å². The number of pyridine rings is 1. The number of hydrogen-bond donors (Lipinski definition) is 2. The number of benzene rings is 1. The van der Waals surface area contributed by atoms with Crippen LogP contribution in [0.4, 0.5) is 4.39 Å². The van der Waals surface area contributed by atoms with E-state index in [4.69, 9.17) is 15.5 Å². The quantitative estimate of drug-likeness (QED) is 0.395. The van der Waals surface area contributed by atoms with Crippen LogP contribution in [0.1, 0.15) is 60.7 Å². The largest absolute Gasteiger partial charge is 0.463 e. The molecule has 2 atom stereocenters. The van der Waals surface area contributed by atoms with E-state index in [2.05, 4.69) is 5.32 Å². The first-order valence-corrected chi connectivity index (χ1v) is 12.6. The molecule has 0 radical (unpaired) electrons. The van der Waals surface area contributed by atoms with E-state index >= 15 is 0 Å². The second-order valence-electron chi connectivity index (χ2n) is 9.77. The second-order valence-corrected chi connectivity index (χ2v) is 9.77. The standard InChI is InChI=1S/C28H33FN4O4/c1-5-15(2)19(17(12-34)13-37-14-35)8-24-28-20(11-33(24)4)27-22(31-25(36)10-30)7-6-18-16(3)21(29)9-23(32-28)26(18)27/h8-9,12,14-15,22H,5-7,10-11,13,30H2,1-4H3,(H,31,36)/b19-17-,24-8-. The maximum absolute atomic E-state index is 14.9. The highest BCUT2D eigenvalue weighted by Crippen LogP contribution is 2.45. The number of aromatic nitrogens is 1. The predicted molar refractivity (Wildman–Crippen MR) is 139 cm³/mol. The smallest absolute Gasteiger partial charge is 0.293 e. The zero-order chi connectivity index (χ0) is 26.9. The number of hydrogen-bond acceptors (Lipinski definition) is 7. The van der Waals surface area contributed by atoms with Crippen molar-refractivity contribution in [1.29, 1.82) is 0 Å². The third-order valence-corrected chi connectivity index (χ3v) is 7.60. The van der Waals surface area contributed by atoms with Crippen LogP contribution in [0.25, 0.3) is 16.6 Å². The normalized spacial score (nSPS) is 18.9. The lowest BCUT2D eigenvalue weighted by Crippen LogP contribution is -2.36. The van der Waals surface area contributed by atoms with Gasteiger partial charge in [-0.25, -0.2) is 9.37 Å². The summed E-state index contributed by atoms with van der Waals surface area (Å²) in [6.07, 6.45) is 4.67. The molecule has 0 spiro atoms. The van der Waals surface area contributed by atoms with Crippen molar-refractivity contribution < 1.29 is 23.5 Å². The zero-order valence-electron chi connectivity index (χ0n) is 21.7. The van der Waals surface area contributed by atoms with Gasteiger partial charge in [0.1, 0.15) is 18.7 Å². The molecule has 3 N–H and O–H groups in total. The van der Waals surface area contributed by atoms with Gasteiger partial charge in [0.05, 0.1) is 29.5 Å². The summed E-state index contributed by atoms with van der Waals surface area (Å²) in [5.41, 5.74) is 12.2. The molecule has 2 aliphatic rings. The highest BCUT2D eigenvalue weighted by molar-refractivity contribution is 5.93. The van der Waals surface area contributed by atoms with Gasteiger partial charge >= 0.3 is 0 Å². The first-order chi connectivity index (χ1) is 17.7. The molecule has 1 aliphatic carbocycles. The highest BCUT2D eigenvalue weighted by Gasteiger charge is 2.35. The summed E-state index contributed by atoms with van der Waals surface area (Å²) < 4.78 is 19.8. The first-order valence-electron chi connectivity index (χ1n) is 12.6. The number of ether oxygens (including phenoxy) is 1. The maximum atomic E-state index is 14.9. The second kappa shape index (κ2) is 10.8. The summed E-state index contributed by atoms with van der Waals surface area (Å²) in [7, 11) is 1.94. The highest BCUT2D eigenvalue weighted by atomic mass is 19.1. The third-order valence-electron chi connectivity index (χ3n) is 7.60. The minimum Gasteiger partial charge on any atom is -0.463 e. The van der Waals surface area contributed by atoms with Crippen molar-refractivity contribution in [2.45, 2.75) is 52.6 Å². The Balaban J connectivity index is 1.99. The average molecular weight is 509 g/mol. The lowest BCUT2D eigenvalue weighted by molar-refractivity contribution is -0.128. The van der Waals surface area contributed by atoms with E-state index in [-0.39, 0.29) is 36.8 Å². The monoisotopic (exact) mass is 508 g/mol. The molecule has 0 fully saturated rings. The Bertz CT molecular complexity index is 1330. The Morgan fingerprint density at radius 3 is 2.78 bits per heavy atom. The van der Waals surface area contributed by atoms with Crippen molar-refractivity contribution in [3.63, 3.8) is 0 Å². The molecule has 0 saturated carbocycles. The SMILES string of the molecule is CCC(C)C(/C=C1/c2nc3cc(F)c(C)c4c3c(c2CN1C)C(NC(=O)CN)CC4)=C(/C=O)COC=O. The Labute approximate surface area is 215 Å². The number of allylic oxidation sites excluding steroid dienone is 2. The van der Waals surface area contributed by atoms with Crippen LogP contribution in [-0.4, -0.2) is 48.7 Å². The number of carbonyl (C=O) groups is 3. The number of aldehydes is 1. The minimum atomic E-state index is -0.309. The van der Waals surface area contributed by atoms with Gasteiger partial charge < -0.3 is 20.7 Å². The lowest BCUT2D eigenvalue weighted by Gasteiger charge is -2.29. The van der Waals surface area contributed by atoms with E-state index in [1.807, 2.05) is 31.9 Å². The van der Waals surface area contributed by atoms with Crippen molar-refractivity contribution >= 4 is 35.3 Å². The van der Waals surface area contributed by atoms with Gasteiger partial charge in [-0.1, -0.05) is 13.8 Å². The molecule has 1 amide bonds. The van der Waals surface area contributed by atoms with Gasteiger partial charge in [-0.05, 0) is 60.4 Å². The molecule has 8 nitrogen and oxygen atoms in total. The van der Waals surface area contributed by atoms with Crippen molar-refractivity contribution in [3.8, 4) is 0 Å². The van der Waals surface area contributed by atoms with Gasteiger partial charge in [-0.15, -0.1) is 0 Å². The number of fused-ring (bicyclic) bond motifs is 2. The molecule has 2 heterocycles. The van der Waals surface area contributed by atoms with E-state index in [1.54, 1.807) is 6.92 Å². The van der Waals surface area contributed by atoms with Crippen LogP contribution < -0.4 is 11.1 Å². The van der Waals surface area contributed by atoms with Gasteiger partial charge in [0.15, 0.2) is 0 Å². The molecule has 0 saturated heterocycles. The summed E-state index contributed by atoms with van der Waals surface area (Å²) in [4.78, 5) is 42.0. The van der Waals surface area contributed by atoms with Gasteiger partial charge in [0, 0.05) is 36.2 Å². The van der Waals surface area contributed by atoms with Crippen molar-refractivity contribution in [3.05, 3.63) is 57.1 Å². The molecular weight excluding hydrogens is 475 g/mol. The van der Waals surface area contributed by atoms with Crippen molar-refractivity contribution in [2.24, 2.45) is 11.7 Å². The fourth-order valence-corrected chi connectivity index (χ4v) is 5.45. The van der Waals surface area contributed by atoms with Crippen LogP contribution in [0.15, 0.2) is 23.3 Å². The molecule has 4 rings (SSSR count). The van der Waals surface area contributed by atoms with Crippen molar-refractivity contribution in [1.82, 2.24) is 15.2 Å². The molecule has 196 valence electrons. The number of halogens is 1. The molecule has 1 aromatic heterocycles. The van der Waals surface area contributed by atoms with Crippen molar-refractivity contribution in [2.75, 3.05) is 20.2 Å². The molecular formula is C28H33FN4O4. The molecule has 2 aromatic rings. The lowest BCUT2D eigenvalue weighted by atomic mass is 9.81. The van der Waals surface area contributed by atoms with Crippen LogP contribution in [0, 0.1) is 18.7 Å². The van der Waals surface area contributed by atoms with E-state index in [0.29, 0.717) is 48.2 Å². The summed E-state index contributed by atoms with van der Waals surface area (Å²) in [5, 5.41) is 3.95.